The Morgan fingerprint density at radius 3 is 2.52 bits per heavy atom. The third kappa shape index (κ3) is 4.17. The van der Waals surface area contributed by atoms with Crippen LogP contribution in [0.2, 0.25) is 0 Å². The monoisotopic (exact) mass is 428 g/mol. The quantitative estimate of drug-likeness (QED) is 0.541. The van der Waals surface area contributed by atoms with Crippen LogP contribution < -0.4 is 5.32 Å². The van der Waals surface area contributed by atoms with Crippen molar-refractivity contribution in [3.63, 3.8) is 0 Å². The minimum atomic E-state index is -0.734. The van der Waals surface area contributed by atoms with Crippen molar-refractivity contribution in [2.75, 3.05) is 5.32 Å². The third-order valence-corrected chi connectivity index (χ3v) is 6.13. The van der Waals surface area contributed by atoms with Crippen LogP contribution >= 0.6 is 0 Å². The van der Waals surface area contributed by atoms with Crippen LogP contribution in [-0.4, -0.2) is 38.6 Å². The number of benzene rings is 1. The summed E-state index contributed by atoms with van der Waals surface area (Å²) in [5, 5.41) is 14.5. The van der Waals surface area contributed by atoms with E-state index < -0.39 is 10.5 Å². The number of anilines is 1. The molecule has 1 saturated carbocycles. The molecule has 0 radical (unpaired) electrons. The number of ether oxygens (including phenoxy) is 1. The van der Waals surface area contributed by atoms with Crippen LogP contribution in [0.1, 0.15) is 51.1 Å². The van der Waals surface area contributed by atoms with Gasteiger partial charge in [0.25, 0.3) is 0 Å². The summed E-state index contributed by atoms with van der Waals surface area (Å²) in [6.45, 7) is 3.74. The number of carbonyl (C=O) groups is 1. The largest absolute Gasteiger partial charge is 0.441 e. The summed E-state index contributed by atoms with van der Waals surface area (Å²) in [4.78, 5) is 29.2. The molecule has 0 bridgehead atoms. The molecule has 1 N–H and O–H groups in total. The summed E-state index contributed by atoms with van der Waals surface area (Å²) in [7, 11) is 0. The van der Waals surface area contributed by atoms with Crippen LogP contribution in [0.15, 0.2) is 42.7 Å². The van der Waals surface area contributed by atoms with Crippen molar-refractivity contribution < 1.29 is 18.8 Å². The van der Waals surface area contributed by atoms with Gasteiger partial charge in [0.05, 0.1) is 11.0 Å². The van der Waals surface area contributed by atoms with Crippen molar-refractivity contribution in [3.05, 3.63) is 64.2 Å². The molecule has 2 aliphatic rings. The lowest BCUT2D eigenvalue weighted by Gasteiger charge is -2.38. The Labute approximate surface area is 179 Å². The molecule has 1 amide bonds. The van der Waals surface area contributed by atoms with Gasteiger partial charge < -0.3 is 10.1 Å². The number of nitrogens with one attached hydrogen (secondary N) is 1. The van der Waals surface area contributed by atoms with Crippen LogP contribution in [-0.2, 0) is 4.74 Å². The predicted molar refractivity (Wildman–Crippen MR) is 112 cm³/mol. The van der Waals surface area contributed by atoms with Crippen molar-refractivity contribution in [2.24, 2.45) is 0 Å². The lowest BCUT2D eigenvalue weighted by atomic mass is 9.86. The summed E-state index contributed by atoms with van der Waals surface area (Å²) in [5.74, 6) is -0.324. The Balaban J connectivity index is 1.48. The van der Waals surface area contributed by atoms with Gasteiger partial charge in [-0.2, -0.15) is 0 Å². The maximum atomic E-state index is 13.4. The Morgan fingerprint density at radius 2 is 1.87 bits per heavy atom. The van der Waals surface area contributed by atoms with Crippen LogP contribution in [0.4, 0.5) is 20.6 Å². The number of carbonyl (C=O) groups excluding carboxylic acids is 1. The number of amides is 1. The molecule has 1 saturated heterocycles. The number of halogens is 1. The smallest absolute Gasteiger partial charge is 0.411 e. The zero-order chi connectivity index (χ0) is 22.2. The van der Waals surface area contributed by atoms with E-state index in [-0.39, 0.29) is 35.7 Å². The molecule has 1 aromatic heterocycles. The minimum Gasteiger partial charge on any atom is -0.441 e. The topological polar surface area (TPSA) is 97.6 Å². The van der Waals surface area contributed by atoms with E-state index in [0.29, 0.717) is 5.69 Å². The Morgan fingerprint density at radius 1 is 1.19 bits per heavy atom. The van der Waals surface area contributed by atoms with Crippen LogP contribution in [0, 0.1) is 15.9 Å². The number of nitrogens with zero attached hydrogens (tertiary/aromatic N) is 3. The van der Waals surface area contributed by atoms with Gasteiger partial charge in [-0.3, -0.25) is 20.0 Å². The van der Waals surface area contributed by atoms with E-state index in [9.17, 15) is 19.3 Å². The molecule has 31 heavy (non-hydrogen) atoms. The number of cyclic esters (lactones) is 1. The standard InChI is InChI=1S/C22H25FN4O4/c1-22(2)20(14-3-5-15(23)6-4-14)26(21(28)31-22)17-9-7-16(8-10-17)25-18-11-12-24-13-19(18)27(29)30/h3-6,11-13,16-17,20H,7-10H2,1-2H3,(H,24,25). The first kappa shape index (κ1) is 21.0. The lowest BCUT2D eigenvalue weighted by molar-refractivity contribution is -0.384. The molecule has 1 aliphatic heterocycles. The summed E-state index contributed by atoms with van der Waals surface area (Å²) in [5.41, 5.74) is 0.506. The Bertz CT molecular complexity index is 974. The second kappa shape index (κ2) is 8.13. The van der Waals surface area contributed by atoms with E-state index in [4.69, 9.17) is 4.74 Å². The maximum Gasteiger partial charge on any atom is 0.411 e. The fraction of sp³-hybridized carbons (Fsp3) is 0.455. The van der Waals surface area contributed by atoms with Crippen molar-refractivity contribution in [2.45, 2.75) is 63.3 Å². The molecule has 2 aromatic rings. The highest BCUT2D eigenvalue weighted by Gasteiger charge is 2.51. The van der Waals surface area contributed by atoms with Gasteiger partial charge in [0.2, 0.25) is 0 Å². The number of aromatic nitrogens is 1. The lowest BCUT2D eigenvalue weighted by Crippen LogP contribution is -2.44. The Hall–Kier alpha value is -3.23. The molecule has 0 spiro atoms. The predicted octanol–water partition coefficient (Wildman–Crippen LogP) is 4.82. The van der Waals surface area contributed by atoms with Gasteiger partial charge in [-0.05, 0) is 63.3 Å². The van der Waals surface area contributed by atoms with Gasteiger partial charge in [-0.25, -0.2) is 9.18 Å². The molecule has 1 unspecified atom stereocenters. The maximum absolute atomic E-state index is 13.4. The van der Waals surface area contributed by atoms with Gasteiger partial charge in [0, 0.05) is 18.3 Å². The fourth-order valence-corrected chi connectivity index (χ4v) is 4.71. The second-order valence-corrected chi connectivity index (χ2v) is 8.63. The van der Waals surface area contributed by atoms with E-state index in [1.54, 1.807) is 23.1 Å². The highest BCUT2D eigenvalue weighted by Crippen LogP contribution is 2.44. The zero-order valence-electron chi connectivity index (χ0n) is 17.5. The van der Waals surface area contributed by atoms with E-state index in [2.05, 4.69) is 10.3 Å². The molecule has 1 aromatic carbocycles. The highest BCUT2D eigenvalue weighted by atomic mass is 19.1. The number of pyridine rings is 1. The highest BCUT2D eigenvalue weighted by molar-refractivity contribution is 5.72. The van der Waals surface area contributed by atoms with E-state index >= 15 is 0 Å². The van der Waals surface area contributed by atoms with E-state index in [0.717, 1.165) is 31.2 Å². The molecule has 2 heterocycles. The van der Waals surface area contributed by atoms with Gasteiger partial charge in [0.15, 0.2) is 0 Å². The third-order valence-electron chi connectivity index (χ3n) is 6.13. The molecular weight excluding hydrogens is 403 g/mol. The summed E-state index contributed by atoms with van der Waals surface area (Å²) in [6, 6.07) is 7.54. The van der Waals surface area contributed by atoms with Crippen LogP contribution in [0.3, 0.4) is 0 Å². The first-order chi connectivity index (χ1) is 14.8. The van der Waals surface area contributed by atoms with E-state index in [1.807, 2.05) is 13.8 Å². The minimum absolute atomic E-state index is 0.0187. The number of rotatable bonds is 5. The SMILES string of the molecule is CC1(C)OC(=O)N(C2CCC(Nc3ccncc3[N+](=O)[O-])CC2)C1c1ccc(F)cc1. The first-order valence-electron chi connectivity index (χ1n) is 10.4. The molecule has 4 rings (SSSR count). The molecular formula is C22H25FN4O4. The second-order valence-electron chi connectivity index (χ2n) is 8.63. The van der Waals surface area contributed by atoms with Gasteiger partial charge >= 0.3 is 11.8 Å². The fourth-order valence-electron chi connectivity index (χ4n) is 4.71. The van der Waals surface area contributed by atoms with Crippen molar-refractivity contribution >= 4 is 17.5 Å². The summed E-state index contributed by atoms with van der Waals surface area (Å²) < 4.78 is 19.1. The van der Waals surface area contributed by atoms with E-state index in [1.165, 1.54) is 24.5 Å². The molecule has 8 nitrogen and oxygen atoms in total. The first-order valence-corrected chi connectivity index (χ1v) is 10.4. The van der Waals surface area contributed by atoms with Crippen LogP contribution in [0.25, 0.3) is 0 Å². The van der Waals surface area contributed by atoms with Crippen molar-refractivity contribution in [3.8, 4) is 0 Å². The number of nitro groups is 1. The van der Waals surface area contributed by atoms with Gasteiger partial charge in [-0.15, -0.1) is 0 Å². The average molecular weight is 428 g/mol. The number of hydrogen-bond donors (Lipinski definition) is 1. The summed E-state index contributed by atoms with van der Waals surface area (Å²) >= 11 is 0. The van der Waals surface area contributed by atoms with Crippen LogP contribution in [0.5, 0.6) is 0 Å². The van der Waals surface area contributed by atoms with Crippen molar-refractivity contribution in [1.82, 2.24) is 9.88 Å². The van der Waals surface area contributed by atoms with Gasteiger partial charge in [-0.1, -0.05) is 12.1 Å². The Kier molecular flexibility index (Phi) is 5.51. The molecule has 1 aliphatic carbocycles. The zero-order valence-corrected chi connectivity index (χ0v) is 17.5. The van der Waals surface area contributed by atoms with Gasteiger partial charge in [0.1, 0.15) is 23.3 Å². The summed E-state index contributed by atoms with van der Waals surface area (Å²) in [6.07, 6.45) is 5.38. The average Bonchev–Trinajstić information content (AvgIpc) is 2.98. The molecule has 1 atom stereocenters. The normalized spacial score (nSPS) is 25.2. The molecule has 9 heteroatoms. The number of hydrogen-bond acceptors (Lipinski definition) is 6. The molecule has 164 valence electrons. The van der Waals surface area contributed by atoms with Crippen molar-refractivity contribution in [1.29, 1.82) is 0 Å². The molecule has 2 fully saturated rings.